The number of halogens is 2. The highest BCUT2D eigenvalue weighted by Crippen LogP contribution is 2.32. The summed E-state index contributed by atoms with van der Waals surface area (Å²) in [5.41, 5.74) is 4.26. The molecule has 0 aliphatic heterocycles. The van der Waals surface area contributed by atoms with Crippen molar-refractivity contribution in [3.05, 3.63) is 127 Å². The van der Waals surface area contributed by atoms with Crippen molar-refractivity contribution < 1.29 is 9.05 Å². The SMILES string of the molecule is O=c1ccc(-c2noc(Cc3cc(Cl)cc(-c4cc(Cl)ccc4Cc4nc(-c5ccc(=O)[nH]c5)no4)c3)n2)c[nH]1. The van der Waals surface area contributed by atoms with Crippen LogP contribution in [0.5, 0.6) is 0 Å². The predicted octanol–water partition coefficient (Wildman–Crippen LogP) is 5.32. The molecule has 0 atom stereocenters. The average Bonchev–Trinajstić information content (AvgIpc) is 3.60. The molecule has 0 radical (unpaired) electrons. The van der Waals surface area contributed by atoms with Gasteiger partial charge in [0, 0.05) is 45.7 Å². The Morgan fingerprint density at radius 1 is 0.650 bits per heavy atom. The van der Waals surface area contributed by atoms with Crippen molar-refractivity contribution >= 4 is 23.2 Å². The lowest BCUT2D eigenvalue weighted by Gasteiger charge is -2.11. The van der Waals surface area contributed by atoms with Crippen LogP contribution in [-0.4, -0.2) is 30.2 Å². The molecule has 0 fully saturated rings. The second-order valence-corrected chi connectivity index (χ2v) is 9.78. The van der Waals surface area contributed by atoms with E-state index in [0.717, 1.165) is 22.3 Å². The summed E-state index contributed by atoms with van der Waals surface area (Å²) < 4.78 is 10.9. The van der Waals surface area contributed by atoms with Gasteiger partial charge in [-0.3, -0.25) is 9.59 Å². The Morgan fingerprint density at radius 3 is 1.88 bits per heavy atom. The van der Waals surface area contributed by atoms with Gasteiger partial charge >= 0.3 is 0 Å². The number of benzene rings is 2. The average molecular weight is 573 g/mol. The van der Waals surface area contributed by atoms with Crippen LogP contribution in [0, 0.1) is 0 Å². The van der Waals surface area contributed by atoms with Gasteiger partial charge in [0.1, 0.15) is 0 Å². The second kappa shape index (κ2) is 10.8. The zero-order valence-corrected chi connectivity index (χ0v) is 22.0. The highest BCUT2D eigenvalue weighted by atomic mass is 35.5. The van der Waals surface area contributed by atoms with Gasteiger partial charge in [-0.25, -0.2) is 0 Å². The molecule has 12 heteroatoms. The van der Waals surface area contributed by atoms with E-state index in [0.29, 0.717) is 57.4 Å². The molecule has 0 aliphatic rings. The normalized spacial score (nSPS) is 11.2. The van der Waals surface area contributed by atoms with E-state index in [-0.39, 0.29) is 11.1 Å². The van der Waals surface area contributed by atoms with Crippen molar-refractivity contribution in [2.45, 2.75) is 12.8 Å². The summed E-state index contributed by atoms with van der Waals surface area (Å²) in [6, 6.07) is 17.2. The van der Waals surface area contributed by atoms with Crippen molar-refractivity contribution in [1.82, 2.24) is 30.2 Å². The highest BCUT2D eigenvalue weighted by Gasteiger charge is 2.16. The fourth-order valence-electron chi connectivity index (χ4n) is 4.20. The zero-order valence-electron chi connectivity index (χ0n) is 20.5. The molecule has 10 nitrogen and oxygen atoms in total. The van der Waals surface area contributed by atoms with E-state index in [9.17, 15) is 9.59 Å². The molecule has 4 heterocycles. The van der Waals surface area contributed by atoms with E-state index in [4.69, 9.17) is 32.2 Å². The third kappa shape index (κ3) is 5.63. The minimum atomic E-state index is -0.215. The molecule has 2 N–H and O–H groups in total. The Hall–Kier alpha value is -4.80. The molecule has 198 valence electrons. The van der Waals surface area contributed by atoms with Gasteiger partial charge in [-0.2, -0.15) is 9.97 Å². The van der Waals surface area contributed by atoms with Gasteiger partial charge in [0.15, 0.2) is 0 Å². The Labute approximate surface area is 235 Å². The lowest BCUT2D eigenvalue weighted by atomic mass is 9.95. The Kier molecular flexibility index (Phi) is 6.85. The first kappa shape index (κ1) is 25.5. The van der Waals surface area contributed by atoms with Crippen LogP contribution >= 0.6 is 23.2 Å². The number of pyridine rings is 2. The van der Waals surface area contributed by atoms with Crippen LogP contribution in [0.3, 0.4) is 0 Å². The number of aromatic nitrogens is 6. The zero-order chi connectivity index (χ0) is 27.6. The molecule has 0 saturated heterocycles. The van der Waals surface area contributed by atoms with E-state index in [2.05, 4.69) is 30.2 Å². The van der Waals surface area contributed by atoms with E-state index in [1.165, 1.54) is 24.5 Å². The lowest BCUT2D eigenvalue weighted by Crippen LogP contribution is -2.01. The molecule has 0 unspecified atom stereocenters. The molecule has 0 spiro atoms. The monoisotopic (exact) mass is 572 g/mol. The largest absolute Gasteiger partial charge is 0.339 e. The van der Waals surface area contributed by atoms with E-state index in [1.807, 2.05) is 30.3 Å². The third-order valence-electron chi connectivity index (χ3n) is 6.06. The fraction of sp³-hybridized carbons (Fsp3) is 0.0714. The number of H-pyrrole nitrogens is 2. The summed E-state index contributed by atoms with van der Waals surface area (Å²) in [5, 5.41) is 9.14. The molecule has 4 aromatic heterocycles. The minimum Gasteiger partial charge on any atom is -0.339 e. The van der Waals surface area contributed by atoms with E-state index >= 15 is 0 Å². The number of aromatic amines is 2. The minimum absolute atomic E-state index is 0.215. The number of nitrogens with one attached hydrogen (secondary N) is 2. The topological polar surface area (TPSA) is 144 Å². The molecule has 6 rings (SSSR count). The first-order chi connectivity index (χ1) is 19.4. The maximum absolute atomic E-state index is 11.4. The van der Waals surface area contributed by atoms with Crippen LogP contribution in [0.25, 0.3) is 33.9 Å². The van der Waals surface area contributed by atoms with Crippen LogP contribution in [0.4, 0.5) is 0 Å². The van der Waals surface area contributed by atoms with Gasteiger partial charge < -0.3 is 19.0 Å². The first-order valence-electron chi connectivity index (χ1n) is 12.0. The predicted molar refractivity (Wildman–Crippen MR) is 148 cm³/mol. The lowest BCUT2D eigenvalue weighted by molar-refractivity contribution is 0.385. The Bertz CT molecular complexity index is 1920. The quantitative estimate of drug-likeness (QED) is 0.261. The highest BCUT2D eigenvalue weighted by molar-refractivity contribution is 6.31. The summed E-state index contributed by atoms with van der Waals surface area (Å²) in [7, 11) is 0. The maximum Gasteiger partial charge on any atom is 0.247 e. The number of hydrogen-bond acceptors (Lipinski definition) is 8. The van der Waals surface area contributed by atoms with Crippen molar-refractivity contribution in [3.63, 3.8) is 0 Å². The fourth-order valence-corrected chi connectivity index (χ4v) is 4.63. The van der Waals surface area contributed by atoms with Gasteiger partial charge in [0.2, 0.25) is 34.5 Å². The molecule has 0 bridgehead atoms. The van der Waals surface area contributed by atoms with Gasteiger partial charge in [-0.15, -0.1) is 0 Å². The van der Waals surface area contributed by atoms with Crippen molar-refractivity contribution in [2.75, 3.05) is 0 Å². The molecule has 0 amide bonds. The summed E-state index contributed by atoms with van der Waals surface area (Å²) in [4.78, 5) is 36.8. The third-order valence-corrected chi connectivity index (χ3v) is 6.51. The molecule has 40 heavy (non-hydrogen) atoms. The van der Waals surface area contributed by atoms with Crippen LogP contribution in [0.2, 0.25) is 10.0 Å². The Balaban J connectivity index is 1.28. The summed E-state index contributed by atoms with van der Waals surface area (Å²) >= 11 is 12.9. The smallest absolute Gasteiger partial charge is 0.247 e. The second-order valence-electron chi connectivity index (χ2n) is 8.91. The molecule has 6 aromatic rings. The van der Waals surface area contributed by atoms with Crippen LogP contribution in [0.1, 0.15) is 22.9 Å². The maximum atomic E-state index is 11.4. The van der Waals surface area contributed by atoms with Crippen molar-refractivity contribution in [1.29, 1.82) is 0 Å². The van der Waals surface area contributed by atoms with Crippen molar-refractivity contribution in [3.8, 4) is 33.9 Å². The summed E-state index contributed by atoms with van der Waals surface area (Å²) in [6.45, 7) is 0. The van der Waals surface area contributed by atoms with Crippen LogP contribution in [-0.2, 0) is 12.8 Å². The standard InChI is InChI=1S/C28H18Cl2N6O4/c29-20-4-1-16(11-26-34-28(36-40-26)18-3-6-24(38)32-14-18)22(12-20)19-7-15(8-21(30)10-19)9-25-33-27(35-39-25)17-2-5-23(37)31-13-17/h1-8,10,12-14H,9,11H2,(H,31,37)(H,32,38). The Morgan fingerprint density at radius 2 is 1.27 bits per heavy atom. The van der Waals surface area contributed by atoms with E-state index in [1.54, 1.807) is 18.2 Å². The van der Waals surface area contributed by atoms with Gasteiger partial charge in [0.05, 0.1) is 12.8 Å². The van der Waals surface area contributed by atoms with Crippen molar-refractivity contribution in [2.24, 2.45) is 0 Å². The van der Waals surface area contributed by atoms with Crippen LogP contribution in [0.15, 0.2) is 91.7 Å². The van der Waals surface area contributed by atoms with Gasteiger partial charge in [-0.05, 0) is 58.7 Å². The van der Waals surface area contributed by atoms with Crippen LogP contribution < -0.4 is 11.1 Å². The summed E-state index contributed by atoms with van der Waals surface area (Å²) in [6.07, 6.45) is 3.75. The molecular formula is C28H18Cl2N6O4. The number of hydrogen-bond donors (Lipinski definition) is 2. The summed E-state index contributed by atoms with van der Waals surface area (Å²) in [5.74, 6) is 1.52. The van der Waals surface area contributed by atoms with E-state index < -0.39 is 0 Å². The first-order valence-corrected chi connectivity index (χ1v) is 12.8. The number of rotatable bonds is 7. The molecule has 2 aromatic carbocycles. The van der Waals surface area contributed by atoms with Gasteiger partial charge in [-0.1, -0.05) is 45.6 Å². The van der Waals surface area contributed by atoms with Gasteiger partial charge in [0.25, 0.3) is 0 Å². The molecule has 0 aliphatic carbocycles. The molecule has 0 saturated carbocycles. The number of nitrogens with zero attached hydrogens (tertiary/aromatic N) is 4. The molecular weight excluding hydrogens is 555 g/mol.